The summed E-state index contributed by atoms with van der Waals surface area (Å²) >= 11 is 0. The van der Waals surface area contributed by atoms with E-state index in [9.17, 15) is 0 Å². The van der Waals surface area contributed by atoms with E-state index in [0.717, 1.165) is 12.4 Å². The molecule has 1 saturated carbocycles. The lowest BCUT2D eigenvalue weighted by atomic mass is 9.67. The van der Waals surface area contributed by atoms with E-state index < -0.39 is 0 Å². The molecule has 1 aromatic rings. The Morgan fingerprint density at radius 2 is 2.11 bits per heavy atom. The Morgan fingerprint density at radius 1 is 1.37 bits per heavy atom. The SMILES string of the molecule is CCC1(CNc2cc(NN)nc(COC)n2)CCC1. The number of ether oxygens (including phenoxy) is 1. The van der Waals surface area contributed by atoms with Gasteiger partial charge in [0, 0.05) is 19.7 Å². The molecule has 0 unspecified atom stereocenters. The highest BCUT2D eigenvalue weighted by Crippen LogP contribution is 2.43. The summed E-state index contributed by atoms with van der Waals surface area (Å²) in [6, 6.07) is 1.82. The Balaban J connectivity index is 2.04. The molecule has 0 saturated heterocycles. The number of anilines is 2. The first-order valence-corrected chi connectivity index (χ1v) is 6.79. The molecule has 0 radical (unpaired) electrons. The Kier molecular flexibility index (Phi) is 4.55. The van der Waals surface area contributed by atoms with Crippen LogP contribution in [-0.4, -0.2) is 23.6 Å². The van der Waals surface area contributed by atoms with Crippen LogP contribution in [0.25, 0.3) is 0 Å². The van der Waals surface area contributed by atoms with Crippen LogP contribution in [0.2, 0.25) is 0 Å². The molecule has 2 rings (SSSR count). The van der Waals surface area contributed by atoms with Gasteiger partial charge in [-0.1, -0.05) is 13.3 Å². The van der Waals surface area contributed by atoms with Crippen molar-refractivity contribution in [2.75, 3.05) is 24.4 Å². The Labute approximate surface area is 114 Å². The van der Waals surface area contributed by atoms with Gasteiger partial charge in [-0.15, -0.1) is 0 Å². The second-order valence-corrected chi connectivity index (χ2v) is 5.19. The third kappa shape index (κ3) is 3.33. The number of nitrogens with zero attached hydrogens (tertiary/aromatic N) is 2. The average molecular weight is 265 g/mol. The van der Waals surface area contributed by atoms with E-state index >= 15 is 0 Å². The predicted octanol–water partition coefficient (Wildman–Crippen LogP) is 1.90. The van der Waals surface area contributed by atoms with Crippen LogP contribution in [0.3, 0.4) is 0 Å². The fourth-order valence-corrected chi connectivity index (χ4v) is 2.47. The van der Waals surface area contributed by atoms with Gasteiger partial charge in [0.2, 0.25) is 0 Å². The van der Waals surface area contributed by atoms with E-state index in [0.29, 0.717) is 23.7 Å². The van der Waals surface area contributed by atoms with E-state index in [-0.39, 0.29) is 0 Å². The fraction of sp³-hybridized carbons (Fsp3) is 0.692. The Hall–Kier alpha value is -1.40. The highest BCUT2D eigenvalue weighted by molar-refractivity contribution is 5.47. The van der Waals surface area contributed by atoms with Crippen molar-refractivity contribution in [2.24, 2.45) is 11.3 Å². The van der Waals surface area contributed by atoms with Crippen LogP contribution in [0.1, 0.15) is 38.4 Å². The summed E-state index contributed by atoms with van der Waals surface area (Å²) in [4.78, 5) is 8.65. The topological polar surface area (TPSA) is 85.1 Å². The summed E-state index contributed by atoms with van der Waals surface area (Å²) in [6.45, 7) is 3.59. The molecule has 4 N–H and O–H groups in total. The van der Waals surface area contributed by atoms with Gasteiger partial charge in [0.15, 0.2) is 5.82 Å². The zero-order valence-electron chi connectivity index (χ0n) is 11.7. The van der Waals surface area contributed by atoms with Gasteiger partial charge in [-0.05, 0) is 24.7 Å². The lowest BCUT2D eigenvalue weighted by Gasteiger charge is -2.41. The van der Waals surface area contributed by atoms with Crippen LogP contribution in [-0.2, 0) is 11.3 Å². The van der Waals surface area contributed by atoms with Crippen LogP contribution < -0.4 is 16.6 Å². The molecule has 6 nitrogen and oxygen atoms in total. The molecular formula is C13H23N5O. The van der Waals surface area contributed by atoms with Crippen LogP contribution in [0.15, 0.2) is 6.07 Å². The minimum Gasteiger partial charge on any atom is -0.377 e. The first-order valence-electron chi connectivity index (χ1n) is 6.79. The van der Waals surface area contributed by atoms with Gasteiger partial charge in [0.25, 0.3) is 0 Å². The van der Waals surface area contributed by atoms with E-state index in [1.807, 2.05) is 6.07 Å². The maximum absolute atomic E-state index is 5.42. The highest BCUT2D eigenvalue weighted by Gasteiger charge is 2.34. The molecule has 0 amide bonds. The maximum atomic E-state index is 5.42. The lowest BCUT2D eigenvalue weighted by Crippen LogP contribution is -2.36. The lowest BCUT2D eigenvalue weighted by molar-refractivity contribution is 0.145. The van der Waals surface area contributed by atoms with E-state index in [2.05, 4.69) is 27.6 Å². The van der Waals surface area contributed by atoms with Gasteiger partial charge in [0.05, 0.1) is 0 Å². The van der Waals surface area contributed by atoms with Crippen molar-refractivity contribution in [1.29, 1.82) is 0 Å². The van der Waals surface area contributed by atoms with Gasteiger partial charge in [-0.2, -0.15) is 0 Å². The Bertz CT molecular complexity index is 414. The molecule has 1 aromatic heterocycles. The normalized spacial score (nSPS) is 16.8. The molecule has 0 spiro atoms. The maximum Gasteiger partial charge on any atom is 0.158 e. The van der Waals surface area contributed by atoms with Gasteiger partial charge in [-0.25, -0.2) is 15.8 Å². The highest BCUT2D eigenvalue weighted by atomic mass is 16.5. The van der Waals surface area contributed by atoms with Crippen LogP contribution in [0.4, 0.5) is 11.6 Å². The van der Waals surface area contributed by atoms with Gasteiger partial charge in [0.1, 0.15) is 18.2 Å². The number of nitrogens with one attached hydrogen (secondary N) is 2. The number of nitrogen functional groups attached to an aromatic ring is 1. The molecule has 1 heterocycles. The summed E-state index contributed by atoms with van der Waals surface area (Å²) in [7, 11) is 1.62. The molecule has 1 aliphatic rings. The zero-order chi connectivity index (χ0) is 13.7. The van der Waals surface area contributed by atoms with Gasteiger partial charge in [-0.3, -0.25) is 0 Å². The largest absolute Gasteiger partial charge is 0.377 e. The molecule has 1 aliphatic carbocycles. The number of hydrogen-bond donors (Lipinski definition) is 3. The minimum absolute atomic E-state index is 0.378. The molecule has 0 aromatic carbocycles. The van der Waals surface area contributed by atoms with Crippen molar-refractivity contribution in [3.8, 4) is 0 Å². The molecular weight excluding hydrogens is 242 g/mol. The predicted molar refractivity (Wildman–Crippen MR) is 75.6 cm³/mol. The van der Waals surface area contributed by atoms with Crippen molar-refractivity contribution >= 4 is 11.6 Å². The third-order valence-corrected chi connectivity index (χ3v) is 4.00. The van der Waals surface area contributed by atoms with Crippen molar-refractivity contribution in [2.45, 2.75) is 39.2 Å². The van der Waals surface area contributed by atoms with Crippen LogP contribution >= 0.6 is 0 Å². The monoisotopic (exact) mass is 265 g/mol. The summed E-state index contributed by atoms with van der Waals surface area (Å²) in [5.74, 6) is 7.45. The molecule has 19 heavy (non-hydrogen) atoms. The number of rotatable bonds is 7. The average Bonchev–Trinajstić information content (AvgIpc) is 2.38. The minimum atomic E-state index is 0.378. The number of hydrazine groups is 1. The quantitative estimate of drug-likeness (QED) is 0.516. The van der Waals surface area contributed by atoms with Crippen molar-refractivity contribution in [3.63, 3.8) is 0 Å². The van der Waals surface area contributed by atoms with Crippen molar-refractivity contribution < 1.29 is 4.74 Å². The molecule has 106 valence electrons. The van der Waals surface area contributed by atoms with E-state index in [1.165, 1.54) is 25.7 Å². The second kappa shape index (κ2) is 6.16. The zero-order valence-corrected chi connectivity index (χ0v) is 11.7. The third-order valence-electron chi connectivity index (χ3n) is 4.00. The van der Waals surface area contributed by atoms with Crippen LogP contribution in [0, 0.1) is 5.41 Å². The smallest absolute Gasteiger partial charge is 0.158 e. The van der Waals surface area contributed by atoms with E-state index in [1.54, 1.807) is 7.11 Å². The van der Waals surface area contributed by atoms with E-state index in [4.69, 9.17) is 10.6 Å². The summed E-state index contributed by atoms with van der Waals surface area (Å²) in [5.41, 5.74) is 3.01. The van der Waals surface area contributed by atoms with Crippen molar-refractivity contribution in [3.05, 3.63) is 11.9 Å². The first kappa shape index (κ1) is 14.0. The second-order valence-electron chi connectivity index (χ2n) is 5.19. The molecule has 1 fully saturated rings. The summed E-state index contributed by atoms with van der Waals surface area (Å²) < 4.78 is 5.06. The molecule has 6 heteroatoms. The van der Waals surface area contributed by atoms with Crippen LogP contribution in [0.5, 0.6) is 0 Å². The standard InChI is InChI=1S/C13H23N5O/c1-3-13(5-4-6-13)9-15-10-7-11(18-14)17-12(16-10)8-19-2/h7H,3-6,8-9,14H2,1-2H3,(H2,15,16,17,18). The molecule has 0 bridgehead atoms. The number of nitrogens with two attached hydrogens (primary N) is 1. The number of hydrogen-bond acceptors (Lipinski definition) is 6. The first-order chi connectivity index (χ1) is 9.21. The molecule has 0 atom stereocenters. The van der Waals surface area contributed by atoms with Gasteiger partial charge >= 0.3 is 0 Å². The summed E-state index contributed by atoms with van der Waals surface area (Å²) in [6.07, 6.45) is 5.14. The van der Waals surface area contributed by atoms with Crippen molar-refractivity contribution in [1.82, 2.24) is 9.97 Å². The fourth-order valence-electron chi connectivity index (χ4n) is 2.47. The summed E-state index contributed by atoms with van der Waals surface area (Å²) in [5, 5.41) is 3.41. The molecule has 0 aliphatic heterocycles. The van der Waals surface area contributed by atoms with Gasteiger partial charge < -0.3 is 15.5 Å². The number of aromatic nitrogens is 2. The number of methoxy groups -OCH3 is 1. The Morgan fingerprint density at radius 3 is 2.63 bits per heavy atom.